The van der Waals surface area contributed by atoms with Crippen LogP contribution in [0, 0.1) is 3.57 Å². The van der Waals surface area contributed by atoms with Crippen molar-refractivity contribution < 1.29 is 9.53 Å². The van der Waals surface area contributed by atoms with E-state index >= 15 is 0 Å². The number of carbonyl (C=O) groups excluding carboxylic acids is 1. The summed E-state index contributed by atoms with van der Waals surface area (Å²) in [6.07, 6.45) is 0.201. The van der Waals surface area contributed by atoms with Gasteiger partial charge >= 0.3 is 5.97 Å². The highest BCUT2D eigenvalue weighted by Gasteiger charge is 2.12. The van der Waals surface area contributed by atoms with Crippen LogP contribution >= 0.6 is 50.1 Å². The topological polar surface area (TPSA) is 26.3 Å². The average molecular weight is 389 g/mol. The normalized spacial score (nSPS) is 10.0. The molecule has 1 aromatic rings. The lowest BCUT2D eigenvalue weighted by Gasteiger charge is -2.07. The van der Waals surface area contributed by atoms with Gasteiger partial charge in [-0.2, -0.15) is 0 Å². The van der Waals surface area contributed by atoms with E-state index in [1.54, 1.807) is 6.07 Å². The maximum atomic E-state index is 11.1. The second-order valence-electron chi connectivity index (χ2n) is 2.57. The first-order valence-corrected chi connectivity index (χ1v) is 6.00. The molecular weight excluding hydrogens is 382 g/mol. The summed E-state index contributed by atoms with van der Waals surface area (Å²) >= 11 is 11.5. The number of rotatable bonds is 2. The number of methoxy groups -OCH3 is 1. The van der Waals surface area contributed by atoms with Crippen molar-refractivity contribution in [2.75, 3.05) is 7.11 Å². The predicted molar refractivity (Wildman–Crippen MR) is 67.6 cm³/mol. The maximum Gasteiger partial charge on any atom is 0.310 e. The van der Waals surface area contributed by atoms with Gasteiger partial charge in [0, 0.05) is 13.1 Å². The van der Waals surface area contributed by atoms with Crippen LogP contribution in [0.4, 0.5) is 0 Å². The Labute approximate surface area is 109 Å². The molecule has 1 rings (SSSR count). The number of hydrogen-bond acceptors (Lipinski definition) is 2. The lowest BCUT2D eigenvalue weighted by Crippen LogP contribution is -2.06. The molecule has 1 aromatic carbocycles. The molecule has 0 saturated heterocycles. The van der Waals surface area contributed by atoms with E-state index in [1.807, 2.05) is 6.07 Å². The Morgan fingerprint density at radius 1 is 1.64 bits per heavy atom. The highest BCUT2D eigenvalue weighted by molar-refractivity contribution is 14.1. The van der Waals surface area contributed by atoms with E-state index < -0.39 is 0 Å². The number of carbonyl (C=O) groups is 1. The minimum absolute atomic E-state index is 0.201. The molecule has 0 radical (unpaired) electrons. The van der Waals surface area contributed by atoms with E-state index in [0.717, 1.165) is 13.6 Å². The molecule has 14 heavy (non-hydrogen) atoms. The molecule has 0 heterocycles. The third kappa shape index (κ3) is 2.84. The van der Waals surface area contributed by atoms with Gasteiger partial charge in [-0.3, -0.25) is 4.79 Å². The van der Waals surface area contributed by atoms with Crippen LogP contribution in [-0.4, -0.2) is 13.1 Å². The second-order valence-corrected chi connectivity index (χ2v) is 4.91. The maximum absolute atomic E-state index is 11.1. The summed E-state index contributed by atoms with van der Waals surface area (Å²) in [6, 6.07) is 3.61. The minimum atomic E-state index is -0.289. The van der Waals surface area contributed by atoms with Crippen LogP contribution in [0.25, 0.3) is 0 Å². The number of hydrogen-bond donors (Lipinski definition) is 0. The molecule has 0 saturated carbocycles. The van der Waals surface area contributed by atoms with E-state index in [9.17, 15) is 4.79 Å². The van der Waals surface area contributed by atoms with Gasteiger partial charge in [-0.1, -0.05) is 11.6 Å². The van der Waals surface area contributed by atoms with Crippen molar-refractivity contribution in [2.45, 2.75) is 6.42 Å². The van der Waals surface area contributed by atoms with E-state index in [1.165, 1.54) is 7.11 Å². The van der Waals surface area contributed by atoms with E-state index in [0.29, 0.717) is 5.02 Å². The average Bonchev–Trinajstić information content (AvgIpc) is 2.18. The van der Waals surface area contributed by atoms with Crippen LogP contribution < -0.4 is 0 Å². The summed E-state index contributed by atoms with van der Waals surface area (Å²) in [6.45, 7) is 0. The zero-order chi connectivity index (χ0) is 10.7. The van der Waals surface area contributed by atoms with Gasteiger partial charge < -0.3 is 4.74 Å². The first kappa shape index (κ1) is 12.3. The molecule has 0 unspecified atom stereocenters. The molecule has 0 aliphatic heterocycles. The monoisotopic (exact) mass is 388 g/mol. The lowest BCUT2D eigenvalue weighted by molar-refractivity contribution is -0.139. The fourth-order valence-electron chi connectivity index (χ4n) is 0.948. The van der Waals surface area contributed by atoms with Gasteiger partial charge in [0.05, 0.1) is 13.5 Å². The van der Waals surface area contributed by atoms with Crippen LogP contribution in [0.15, 0.2) is 16.6 Å². The van der Waals surface area contributed by atoms with E-state index in [-0.39, 0.29) is 12.4 Å². The van der Waals surface area contributed by atoms with Crippen molar-refractivity contribution in [3.05, 3.63) is 30.8 Å². The van der Waals surface area contributed by atoms with E-state index in [2.05, 4.69) is 43.3 Å². The fourth-order valence-corrected chi connectivity index (χ4v) is 2.36. The van der Waals surface area contributed by atoms with Crippen LogP contribution in [0.2, 0.25) is 5.02 Å². The van der Waals surface area contributed by atoms with E-state index in [4.69, 9.17) is 11.6 Å². The summed E-state index contributed by atoms with van der Waals surface area (Å²) in [7, 11) is 1.36. The molecule has 0 N–H and O–H groups in total. The molecular formula is C9H7BrClIO2. The molecule has 2 nitrogen and oxygen atoms in total. The van der Waals surface area contributed by atoms with Gasteiger partial charge in [-0.05, 0) is 56.2 Å². The third-order valence-corrected chi connectivity index (χ3v) is 4.68. The van der Waals surface area contributed by atoms with Gasteiger partial charge in [0.2, 0.25) is 0 Å². The third-order valence-electron chi connectivity index (χ3n) is 1.69. The Bertz CT molecular complexity index is 368. The van der Waals surface area contributed by atoms with Crippen molar-refractivity contribution in [3.63, 3.8) is 0 Å². The van der Waals surface area contributed by atoms with Crippen molar-refractivity contribution in [3.8, 4) is 0 Å². The summed E-state index contributed by atoms with van der Waals surface area (Å²) < 4.78 is 6.46. The molecule has 0 aliphatic rings. The molecule has 0 aliphatic carbocycles. The molecule has 0 aromatic heterocycles. The Morgan fingerprint density at radius 2 is 2.29 bits per heavy atom. The lowest BCUT2D eigenvalue weighted by atomic mass is 10.1. The number of benzene rings is 1. The second kappa shape index (κ2) is 5.32. The number of halogens is 3. The first-order valence-electron chi connectivity index (χ1n) is 3.75. The Hall–Kier alpha value is 0.190. The zero-order valence-corrected chi connectivity index (χ0v) is 11.8. The highest BCUT2D eigenvalue weighted by atomic mass is 127. The van der Waals surface area contributed by atoms with Crippen LogP contribution in [-0.2, 0) is 16.0 Å². The quantitative estimate of drug-likeness (QED) is 0.440. The minimum Gasteiger partial charge on any atom is -0.469 e. The molecule has 76 valence electrons. The Kier molecular flexibility index (Phi) is 4.66. The largest absolute Gasteiger partial charge is 0.469 e. The smallest absolute Gasteiger partial charge is 0.310 e. The molecule has 0 amide bonds. The van der Waals surface area contributed by atoms with Gasteiger partial charge in [-0.25, -0.2) is 0 Å². The zero-order valence-electron chi connectivity index (χ0n) is 7.31. The predicted octanol–water partition coefficient (Wildman–Crippen LogP) is 3.42. The van der Waals surface area contributed by atoms with Crippen molar-refractivity contribution in [1.29, 1.82) is 0 Å². The highest BCUT2D eigenvalue weighted by Crippen LogP contribution is 2.29. The molecule has 0 fully saturated rings. The molecule has 5 heteroatoms. The van der Waals surface area contributed by atoms with Gasteiger partial charge in [0.15, 0.2) is 0 Å². The SMILES string of the molecule is COC(=O)Cc1c(Cl)ccc(Br)c1I. The Balaban J connectivity index is 3.06. The summed E-state index contributed by atoms with van der Waals surface area (Å²) in [5, 5.41) is 0.586. The first-order chi connectivity index (χ1) is 6.56. The van der Waals surface area contributed by atoms with Crippen LogP contribution in [0.5, 0.6) is 0 Å². The molecule has 0 spiro atoms. The van der Waals surface area contributed by atoms with Crippen molar-refractivity contribution in [1.82, 2.24) is 0 Å². The van der Waals surface area contributed by atoms with Crippen molar-refractivity contribution in [2.24, 2.45) is 0 Å². The summed E-state index contributed by atoms with van der Waals surface area (Å²) in [5.74, 6) is -0.289. The van der Waals surface area contributed by atoms with Crippen LogP contribution in [0.3, 0.4) is 0 Å². The number of esters is 1. The number of ether oxygens (including phenoxy) is 1. The van der Waals surface area contributed by atoms with Gasteiger partial charge in [0.1, 0.15) is 0 Å². The summed E-state index contributed by atoms with van der Waals surface area (Å²) in [4.78, 5) is 11.1. The molecule has 0 bridgehead atoms. The van der Waals surface area contributed by atoms with Crippen LogP contribution in [0.1, 0.15) is 5.56 Å². The fraction of sp³-hybridized carbons (Fsp3) is 0.222. The van der Waals surface area contributed by atoms with Gasteiger partial charge in [-0.15, -0.1) is 0 Å². The standard InChI is InChI=1S/C9H7BrClIO2/c1-14-8(13)4-5-7(11)3-2-6(10)9(5)12/h2-3H,4H2,1H3. The van der Waals surface area contributed by atoms with Crippen molar-refractivity contribution >= 4 is 56.1 Å². The van der Waals surface area contributed by atoms with Gasteiger partial charge in [0.25, 0.3) is 0 Å². The summed E-state index contributed by atoms with van der Waals surface area (Å²) in [5.41, 5.74) is 0.800. The Morgan fingerprint density at radius 3 is 2.86 bits per heavy atom. The molecule has 0 atom stereocenters.